The van der Waals surface area contributed by atoms with Gasteiger partial charge >= 0.3 is 5.97 Å². The first-order valence-corrected chi connectivity index (χ1v) is 4.93. The molecule has 1 atom stereocenters. The van der Waals surface area contributed by atoms with E-state index in [2.05, 4.69) is 5.10 Å². The third kappa shape index (κ3) is 2.48. The topological polar surface area (TPSA) is 44.1 Å². The Morgan fingerprint density at radius 1 is 1.71 bits per heavy atom. The first-order valence-electron chi connectivity index (χ1n) is 4.55. The number of nitrogens with zero attached hydrogens (tertiary/aromatic N) is 2. The zero-order chi connectivity index (χ0) is 10.6. The van der Waals surface area contributed by atoms with Crippen LogP contribution in [0.4, 0.5) is 0 Å². The van der Waals surface area contributed by atoms with Gasteiger partial charge < -0.3 is 4.74 Å². The normalized spacial score (nSPS) is 12.5. The molecule has 0 N–H and O–H groups in total. The Morgan fingerprint density at radius 2 is 2.43 bits per heavy atom. The standard InChI is InChI=1S/C9H13ClN2O2/c1-3-8(9(13)14-4-2)12-6-7(10)5-11-12/h5-6,8H,3-4H2,1-2H3/t8-/m0/s1. The average Bonchev–Trinajstić information content (AvgIpc) is 2.54. The highest BCUT2D eigenvalue weighted by molar-refractivity contribution is 6.30. The van der Waals surface area contributed by atoms with Gasteiger partial charge in [-0.15, -0.1) is 0 Å². The van der Waals surface area contributed by atoms with Crippen molar-refractivity contribution in [2.24, 2.45) is 0 Å². The highest BCUT2D eigenvalue weighted by atomic mass is 35.5. The molecule has 0 unspecified atom stereocenters. The monoisotopic (exact) mass is 216 g/mol. The number of hydrogen-bond donors (Lipinski definition) is 0. The van der Waals surface area contributed by atoms with E-state index in [1.54, 1.807) is 13.1 Å². The van der Waals surface area contributed by atoms with Crippen LogP contribution >= 0.6 is 11.6 Å². The van der Waals surface area contributed by atoms with Crippen molar-refractivity contribution in [3.8, 4) is 0 Å². The van der Waals surface area contributed by atoms with Crippen LogP contribution in [0.25, 0.3) is 0 Å². The van der Waals surface area contributed by atoms with E-state index in [0.29, 0.717) is 18.1 Å². The molecule has 5 heteroatoms. The second-order valence-electron chi connectivity index (χ2n) is 2.81. The molecule has 0 aliphatic rings. The van der Waals surface area contributed by atoms with Crippen molar-refractivity contribution in [2.45, 2.75) is 26.3 Å². The Morgan fingerprint density at radius 3 is 2.86 bits per heavy atom. The van der Waals surface area contributed by atoms with Crippen molar-refractivity contribution < 1.29 is 9.53 Å². The molecule has 1 aromatic heterocycles. The summed E-state index contributed by atoms with van der Waals surface area (Å²) in [6.07, 6.45) is 3.76. The molecule has 1 rings (SSSR count). The van der Waals surface area contributed by atoms with Crippen LogP contribution in [-0.4, -0.2) is 22.4 Å². The third-order valence-electron chi connectivity index (χ3n) is 1.83. The second kappa shape index (κ2) is 5.00. The molecule has 0 aliphatic carbocycles. The molecule has 0 spiro atoms. The molecule has 1 aromatic rings. The fourth-order valence-corrected chi connectivity index (χ4v) is 1.33. The van der Waals surface area contributed by atoms with Gasteiger partial charge in [-0.05, 0) is 13.3 Å². The summed E-state index contributed by atoms with van der Waals surface area (Å²) in [5, 5.41) is 4.50. The minimum Gasteiger partial charge on any atom is -0.464 e. The van der Waals surface area contributed by atoms with Crippen molar-refractivity contribution in [1.82, 2.24) is 9.78 Å². The van der Waals surface area contributed by atoms with E-state index in [9.17, 15) is 4.79 Å². The Labute approximate surface area is 87.8 Å². The van der Waals surface area contributed by atoms with Gasteiger partial charge in [-0.25, -0.2) is 4.79 Å². The highest BCUT2D eigenvalue weighted by Gasteiger charge is 2.20. The smallest absolute Gasteiger partial charge is 0.330 e. The van der Waals surface area contributed by atoms with Gasteiger partial charge in [0.15, 0.2) is 0 Å². The van der Waals surface area contributed by atoms with Crippen LogP contribution in [0, 0.1) is 0 Å². The predicted molar refractivity (Wildman–Crippen MR) is 53.2 cm³/mol. The Hall–Kier alpha value is -1.03. The lowest BCUT2D eigenvalue weighted by Gasteiger charge is -2.13. The lowest BCUT2D eigenvalue weighted by molar-refractivity contribution is -0.147. The quantitative estimate of drug-likeness (QED) is 0.724. The maximum atomic E-state index is 11.5. The predicted octanol–water partition coefficient (Wildman–Crippen LogP) is 2.05. The van der Waals surface area contributed by atoms with Crippen molar-refractivity contribution in [2.75, 3.05) is 6.61 Å². The molecule has 1 heterocycles. The van der Waals surface area contributed by atoms with Crippen molar-refractivity contribution in [3.63, 3.8) is 0 Å². The third-order valence-corrected chi connectivity index (χ3v) is 2.03. The van der Waals surface area contributed by atoms with Crippen LogP contribution < -0.4 is 0 Å². The van der Waals surface area contributed by atoms with E-state index in [4.69, 9.17) is 16.3 Å². The molecule has 0 fully saturated rings. The fourth-order valence-electron chi connectivity index (χ4n) is 1.19. The lowest BCUT2D eigenvalue weighted by atomic mass is 10.2. The summed E-state index contributed by atoms with van der Waals surface area (Å²) in [7, 11) is 0. The first kappa shape index (κ1) is 11.0. The van der Waals surface area contributed by atoms with Crippen molar-refractivity contribution >= 4 is 17.6 Å². The minimum absolute atomic E-state index is 0.269. The van der Waals surface area contributed by atoms with Crippen LogP contribution in [-0.2, 0) is 9.53 Å². The van der Waals surface area contributed by atoms with Crippen LogP contribution in [0.5, 0.6) is 0 Å². The highest BCUT2D eigenvalue weighted by Crippen LogP contribution is 2.15. The number of rotatable bonds is 4. The van der Waals surface area contributed by atoms with Crippen molar-refractivity contribution in [3.05, 3.63) is 17.4 Å². The first-order chi connectivity index (χ1) is 6.69. The zero-order valence-corrected chi connectivity index (χ0v) is 8.99. The molecule has 4 nitrogen and oxygen atoms in total. The Kier molecular flexibility index (Phi) is 3.95. The van der Waals surface area contributed by atoms with E-state index >= 15 is 0 Å². The molecule has 0 aromatic carbocycles. The molecular weight excluding hydrogens is 204 g/mol. The largest absolute Gasteiger partial charge is 0.464 e. The molecule has 0 radical (unpaired) electrons. The molecule has 78 valence electrons. The molecule has 0 amide bonds. The second-order valence-corrected chi connectivity index (χ2v) is 3.25. The van der Waals surface area contributed by atoms with E-state index in [0.717, 1.165) is 0 Å². The number of hydrogen-bond acceptors (Lipinski definition) is 3. The van der Waals surface area contributed by atoms with E-state index in [1.165, 1.54) is 10.9 Å². The summed E-state index contributed by atoms with van der Waals surface area (Å²) in [5.74, 6) is -0.269. The maximum absolute atomic E-state index is 11.5. The van der Waals surface area contributed by atoms with E-state index in [1.807, 2.05) is 6.92 Å². The molecule has 0 saturated heterocycles. The summed E-state index contributed by atoms with van der Waals surface area (Å²) in [5.41, 5.74) is 0. The van der Waals surface area contributed by atoms with Crippen LogP contribution in [0.2, 0.25) is 5.02 Å². The van der Waals surface area contributed by atoms with Gasteiger partial charge in [-0.3, -0.25) is 4.68 Å². The SMILES string of the molecule is CCOC(=O)[C@H](CC)n1cc(Cl)cn1. The zero-order valence-electron chi connectivity index (χ0n) is 8.24. The maximum Gasteiger partial charge on any atom is 0.330 e. The molecule has 0 bridgehead atoms. The molecule has 14 heavy (non-hydrogen) atoms. The van der Waals surface area contributed by atoms with Gasteiger partial charge in [0.1, 0.15) is 6.04 Å². The molecular formula is C9H13ClN2O2. The van der Waals surface area contributed by atoms with Crippen LogP contribution in [0.3, 0.4) is 0 Å². The van der Waals surface area contributed by atoms with Crippen LogP contribution in [0.15, 0.2) is 12.4 Å². The minimum atomic E-state index is -0.373. The lowest BCUT2D eigenvalue weighted by Crippen LogP contribution is -2.21. The summed E-state index contributed by atoms with van der Waals surface area (Å²) in [6, 6.07) is -0.373. The number of aromatic nitrogens is 2. The molecule has 0 aliphatic heterocycles. The van der Waals surface area contributed by atoms with Gasteiger partial charge in [-0.1, -0.05) is 18.5 Å². The number of carbonyl (C=O) groups is 1. The van der Waals surface area contributed by atoms with Gasteiger partial charge in [-0.2, -0.15) is 5.10 Å². The van der Waals surface area contributed by atoms with Crippen LogP contribution in [0.1, 0.15) is 26.3 Å². The number of carbonyl (C=O) groups excluding carboxylic acids is 1. The number of halogens is 1. The van der Waals surface area contributed by atoms with E-state index in [-0.39, 0.29) is 12.0 Å². The summed E-state index contributed by atoms with van der Waals surface area (Å²) < 4.78 is 6.44. The van der Waals surface area contributed by atoms with Crippen molar-refractivity contribution in [1.29, 1.82) is 0 Å². The Balaban J connectivity index is 2.76. The van der Waals surface area contributed by atoms with Gasteiger partial charge in [0.05, 0.1) is 17.8 Å². The van der Waals surface area contributed by atoms with Gasteiger partial charge in [0, 0.05) is 6.20 Å². The van der Waals surface area contributed by atoms with Gasteiger partial charge in [0.25, 0.3) is 0 Å². The van der Waals surface area contributed by atoms with Gasteiger partial charge in [0.2, 0.25) is 0 Å². The molecule has 0 saturated carbocycles. The average molecular weight is 217 g/mol. The fraction of sp³-hybridized carbons (Fsp3) is 0.556. The van der Waals surface area contributed by atoms with E-state index < -0.39 is 0 Å². The summed E-state index contributed by atoms with van der Waals surface area (Å²) in [6.45, 7) is 4.06. The summed E-state index contributed by atoms with van der Waals surface area (Å²) in [4.78, 5) is 11.5. The Bertz CT molecular complexity index is 312. The number of esters is 1. The summed E-state index contributed by atoms with van der Waals surface area (Å²) >= 11 is 5.71. The number of ether oxygens (including phenoxy) is 1.